The molecule has 5 nitrogen and oxygen atoms in total. The lowest BCUT2D eigenvalue weighted by molar-refractivity contribution is -0.142. The average Bonchev–Trinajstić information content (AvgIpc) is 2.31. The summed E-state index contributed by atoms with van der Waals surface area (Å²) >= 11 is 0. The number of pyridine rings is 1. The predicted octanol–water partition coefficient (Wildman–Crippen LogP) is 1.64. The molecule has 0 bridgehead atoms. The maximum absolute atomic E-state index is 11.1. The van der Waals surface area contributed by atoms with Crippen LogP contribution in [0, 0.1) is 0 Å². The Kier molecular flexibility index (Phi) is 5.00. The normalized spacial score (nSPS) is 10.5. The number of rotatable bonds is 5. The molecular weight excluding hydrogens is 220 g/mol. The number of hydrogen-bond donors (Lipinski definition) is 1. The van der Waals surface area contributed by atoms with Gasteiger partial charge in [-0.1, -0.05) is 12.2 Å². The van der Waals surface area contributed by atoms with Gasteiger partial charge in [0, 0.05) is 6.20 Å². The fourth-order valence-corrected chi connectivity index (χ4v) is 1.24. The Morgan fingerprint density at radius 2 is 2.35 bits per heavy atom. The van der Waals surface area contributed by atoms with Crippen LogP contribution in [0.4, 0.5) is 5.82 Å². The highest BCUT2D eigenvalue weighted by atomic mass is 16.5. The molecule has 1 heterocycles. The van der Waals surface area contributed by atoms with Gasteiger partial charge in [-0.15, -0.1) is 0 Å². The Balaban J connectivity index is 2.62. The zero-order valence-corrected chi connectivity index (χ0v) is 9.97. The molecule has 17 heavy (non-hydrogen) atoms. The summed E-state index contributed by atoms with van der Waals surface area (Å²) < 4.78 is 9.83. The molecule has 0 aliphatic heterocycles. The van der Waals surface area contributed by atoms with E-state index in [1.54, 1.807) is 31.3 Å². The summed E-state index contributed by atoms with van der Waals surface area (Å²) in [6, 6.07) is 1.75. The van der Waals surface area contributed by atoms with Crippen LogP contribution in [-0.4, -0.2) is 24.7 Å². The first-order chi connectivity index (χ1) is 8.17. The molecule has 1 rings (SSSR count). The maximum atomic E-state index is 11.1. The number of carbonyl (C=O) groups is 1. The van der Waals surface area contributed by atoms with Gasteiger partial charge in [0.1, 0.15) is 0 Å². The van der Waals surface area contributed by atoms with Crippen LogP contribution < -0.4 is 10.5 Å². The second kappa shape index (κ2) is 6.52. The summed E-state index contributed by atoms with van der Waals surface area (Å²) in [7, 11) is 1.53. The van der Waals surface area contributed by atoms with Gasteiger partial charge in [-0.05, 0) is 18.6 Å². The molecule has 0 unspecified atom stereocenters. The zero-order chi connectivity index (χ0) is 12.7. The molecule has 0 aliphatic rings. The van der Waals surface area contributed by atoms with Crippen LogP contribution in [0.15, 0.2) is 18.3 Å². The number of hydrogen-bond acceptors (Lipinski definition) is 5. The fourth-order valence-electron chi connectivity index (χ4n) is 1.24. The number of nitrogens with zero attached hydrogens (tertiary/aromatic N) is 1. The van der Waals surface area contributed by atoms with Crippen molar-refractivity contribution in [2.45, 2.75) is 13.3 Å². The van der Waals surface area contributed by atoms with Gasteiger partial charge in [-0.25, -0.2) is 4.98 Å². The molecule has 0 aromatic carbocycles. The van der Waals surface area contributed by atoms with Crippen molar-refractivity contribution in [2.75, 3.05) is 19.5 Å². The van der Waals surface area contributed by atoms with Crippen LogP contribution in [0.3, 0.4) is 0 Å². The number of anilines is 1. The summed E-state index contributed by atoms with van der Waals surface area (Å²) in [5, 5.41) is 0. The number of nitrogens with two attached hydrogens (primary N) is 1. The first-order valence-electron chi connectivity index (χ1n) is 5.29. The minimum absolute atomic E-state index is 0.237. The first kappa shape index (κ1) is 13.0. The minimum Gasteiger partial charge on any atom is -0.493 e. The van der Waals surface area contributed by atoms with Gasteiger partial charge in [-0.3, -0.25) is 4.79 Å². The second-order valence-electron chi connectivity index (χ2n) is 3.27. The Hall–Kier alpha value is -2.04. The highest BCUT2D eigenvalue weighted by molar-refractivity contribution is 5.72. The lowest BCUT2D eigenvalue weighted by Crippen LogP contribution is -2.01. The van der Waals surface area contributed by atoms with E-state index in [0.29, 0.717) is 18.2 Å². The van der Waals surface area contributed by atoms with Crippen molar-refractivity contribution in [3.63, 3.8) is 0 Å². The van der Waals surface area contributed by atoms with Gasteiger partial charge in [-0.2, -0.15) is 0 Å². The maximum Gasteiger partial charge on any atom is 0.309 e. The van der Waals surface area contributed by atoms with Gasteiger partial charge in [0.05, 0.1) is 20.1 Å². The second-order valence-corrected chi connectivity index (χ2v) is 3.27. The van der Waals surface area contributed by atoms with Crippen molar-refractivity contribution in [3.8, 4) is 5.75 Å². The summed E-state index contributed by atoms with van der Waals surface area (Å²) in [5.41, 5.74) is 6.40. The molecule has 0 aliphatic carbocycles. The molecule has 0 saturated carbocycles. The Morgan fingerprint density at radius 3 is 3.00 bits per heavy atom. The van der Waals surface area contributed by atoms with Crippen LogP contribution in [-0.2, 0) is 9.53 Å². The van der Waals surface area contributed by atoms with E-state index in [4.69, 9.17) is 15.2 Å². The van der Waals surface area contributed by atoms with E-state index in [2.05, 4.69) is 4.98 Å². The van der Waals surface area contributed by atoms with Crippen LogP contribution >= 0.6 is 0 Å². The lowest BCUT2D eigenvalue weighted by Gasteiger charge is -2.03. The molecule has 2 N–H and O–H groups in total. The van der Waals surface area contributed by atoms with E-state index >= 15 is 0 Å². The van der Waals surface area contributed by atoms with Gasteiger partial charge in [0.2, 0.25) is 0 Å². The van der Waals surface area contributed by atoms with Crippen LogP contribution in [0.25, 0.3) is 6.08 Å². The third-order valence-electron chi connectivity index (χ3n) is 2.02. The Morgan fingerprint density at radius 1 is 1.59 bits per heavy atom. The minimum atomic E-state index is -0.251. The van der Waals surface area contributed by atoms with Gasteiger partial charge < -0.3 is 15.2 Å². The van der Waals surface area contributed by atoms with Crippen LogP contribution in [0.2, 0.25) is 0 Å². The van der Waals surface area contributed by atoms with Gasteiger partial charge >= 0.3 is 5.97 Å². The van der Waals surface area contributed by atoms with Crippen molar-refractivity contribution in [3.05, 3.63) is 23.9 Å². The lowest BCUT2D eigenvalue weighted by atomic mass is 10.2. The number of esters is 1. The molecule has 1 aromatic heterocycles. The molecule has 0 amide bonds. The monoisotopic (exact) mass is 236 g/mol. The highest BCUT2D eigenvalue weighted by Gasteiger charge is 2.01. The van der Waals surface area contributed by atoms with E-state index in [9.17, 15) is 4.79 Å². The molecule has 92 valence electrons. The van der Waals surface area contributed by atoms with E-state index in [-0.39, 0.29) is 12.4 Å². The third-order valence-corrected chi connectivity index (χ3v) is 2.02. The Bertz CT molecular complexity index is 416. The number of nitrogen functional groups attached to an aromatic ring is 1. The standard InChI is InChI=1S/C12H16N2O3/c1-3-17-11(15)6-4-5-9-7-10(16-2)12(13)14-8-9/h4-5,7-8H,3,6H2,1-2H3,(H2,13,14). The summed E-state index contributed by atoms with van der Waals surface area (Å²) in [5.74, 6) is 0.609. The number of aromatic nitrogens is 1. The predicted molar refractivity (Wildman–Crippen MR) is 65.5 cm³/mol. The van der Waals surface area contributed by atoms with E-state index in [1.165, 1.54) is 7.11 Å². The van der Waals surface area contributed by atoms with Gasteiger partial charge in [0.25, 0.3) is 0 Å². The highest BCUT2D eigenvalue weighted by Crippen LogP contribution is 2.19. The molecule has 0 atom stereocenters. The van der Waals surface area contributed by atoms with E-state index in [0.717, 1.165) is 5.56 Å². The molecule has 0 radical (unpaired) electrons. The van der Waals surface area contributed by atoms with Crippen molar-refractivity contribution in [1.29, 1.82) is 0 Å². The molecule has 0 spiro atoms. The summed E-state index contributed by atoms with van der Waals surface area (Å²) in [6.07, 6.45) is 5.33. The quantitative estimate of drug-likeness (QED) is 0.786. The van der Waals surface area contributed by atoms with Crippen molar-refractivity contribution < 1.29 is 14.3 Å². The van der Waals surface area contributed by atoms with E-state index < -0.39 is 0 Å². The third kappa shape index (κ3) is 4.14. The topological polar surface area (TPSA) is 74.4 Å². The van der Waals surface area contributed by atoms with Gasteiger partial charge in [0.15, 0.2) is 11.6 Å². The molecule has 1 aromatic rings. The zero-order valence-electron chi connectivity index (χ0n) is 9.97. The summed E-state index contributed by atoms with van der Waals surface area (Å²) in [6.45, 7) is 2.17. The van der Waals surface area contributed by atoms with Crippen LogP contribution in [0.5, 0.6) is 5.75 Å². The molecule has 5 heteroatoms. The summed E-state index contributed by atoms with van der Waals surface area (Å²) in [4.78, 5) is 15.0. The molecule has 0 saturated heterocycles. The van der Waals surface area contributed by atoms with Crippen molar-refractivity contribution in [1.82, 2.24) is 4.98 Å². The average molecular weight is 236 g/mol. The molecular formula is C12H16N2O3. The van der Waals surface area contributed by atoms with Crippen molar-refractivity contribution in [2.24, 2.45) is 0 Å². The number of ether oxygens (including phenoxy) is 2. The van der Waals surface area contributed by atoms with E-state index in [1.807, 2.05) is 0 Å². The number of methoxy groups -OCH3 is 1. The first-order valence-corrected chi connectivity index (χ1v) is 5.29. The fraction of sp³-hybridized carbons (Fsp3) is 0.333. The Labute approximate surface area is 100 Å². The van der Waals surface area contributed by atoms with Crippen LogP contribution in [0.1, 0.15) is 18.9 Å². The SMILES string of the molecule is CCOC(=O)CC=Cc1cnc(N)c(OC)c1. The smallest absolute Gasteiger partial charge is 0.309 e. The largest absolute Gasteiger partial charge is 0.493 e. The molecule has 0 fully saturated rings. The van der Waals surface area contributed by atoms with Crippen molar-refractivity contribution >= 4 is 17.9 Å². The number of carbonyl (C=O) groups excluding carboxylic acids is 1.